The number of hydrogen-bond acceptors (Lipinski definition) is 2. The monoisotopic (exact) mass is 245 g/mol. The van der Waals surface area contributed by atoms with Crippen LogP contribution in [-0.2, 0) is 0 Å². The van der Waals surface area contributed by atoms with Crippen molar-refractivity contribution in [2.75, 3.05) is 7.05 Å². The van der Waals surface area contributed by atoms with Gasteiger partial charge in [-0.3, -0.25) is 9.89 Å². The summed E-state index contributed by atoms with van der Waals surface area (Å²) >= 11 is 3.24. The van der Waals surface area contributed by atoms with Crippen LogP contribution < -0.4 is 0 Å². The topological polar surface area (TPSA) is 49.0 Å². The van der Waals surface area contributed by atoms with Gasteiger partial charge in [0.2, 0.25) is 0 Å². The Kier molecular flexibility index (Phi) is 3.08. The summed E-state index contributed by atoms with van der Waals surface area (Å²) in [6, 6.07) is 0.183. The summed E-state index contributed by atoms with van der Waals surface area (Å²) in [7, 11) is 1.76. The second kappa shape index (κ2) is 3.91. The molecule has 1 N–H and O–H groups in total. The summed E-state index contributed by atoms with van der Waals surface area (Å²) in [4.78, 5) is 13.3. The number of H-pyrrole nitrogens is 1. The minimum Gasteiger partial charge on any atom is -0.338 e. The minimum absolute atomic E-state index is 0.0561. The van der Waals surface area contributed by atoms with Crippen LogP contribution in [0, 0.1) is 0 Å². The molecule has 0 saturated heterocycles. The number of halogens is 1. The Balaban J connectivity index is 2.86. The standard InChI is InChI=1S/C8H12BrN3O/c1-5(2)12(3)8(13)7-6(9)4-10-11-7/h4-5H,1-3H3,(H,10,11). The van der Waals surface area contributed by atoms with Crippen molar-refractivity contribution in [1.29, 1.82) is 0 Å². The number of hydrogen-bond donors (Lipinski definition) is 1. The molecule has 72 valence electrons. The van der Waals surface area contributed by atoms with Gasteiger partial charge in [-0.1, -0.05) is 0 Å². The van der Waals surface area contributed by atoms with E-state index in [9.17, 15) is 4.79 Å². The van der Waals surface area contributed by atoms with Crippen LogP contribution in [0.3, 0.4) is 0 Å². The Labute approximate surface area is 85.4 Å². The molecule has 0 unspecified atom stereocenters. The van der Waals surface area contributed by atoms with E-state index < -0.39 is 0 Å². The molecule has 1 aromatic rings. The third-order valence-electron chi connectivity index (χ3n) is 1.90. The van der Waals surface area contributed by atoms with Crippen molar-refractivity contribution in [2.45, 2.75) is 19.9 Å². The van der Waals surface area contributed by atoms with Crippen LogP contribution in [-0.4, -0.2) is 34.1 Å². The van der Waals surface area contributed by atoms with Gasteiger partial charge in [-0.2, -0.15) is 5.10 Å². The van der Waals surface area contributed by atoms with Crippen LogP contribution in [0.2, 0.25) is 0 Å². The van der Waals surface area contributed by atoms with Crippen LogP contribution in [0.5, 0.6) is 0 Å². The molecule has 0 bridgehead atoms. The first-order valence-electron chi connectivity index (χ1n) is 4.00. The van der Waals surface area contributed by atoms with Gasteiger partial charge in [0.25, 0.3) is 5.91 Å². The highest BCUT2D eigenvalue weighted by Crippen LogP contribution is 2.15. The molecule has 1 amide bonds. The SMILES string of the molecule is CC(C)N(C)C(=O)c1[nH]ncc1Br. The van der Waals surface area contributed by atoms with Crippen LogP contribution >= 0.6 is 15.9 Å². The molecular weight excluding hydrogens is 234 g/mol. The van der Waals surface area contributed by atoms with Gasteiger partial charge < -0.3 is 4.90 Å². The van der Waals surface area contributed by atoms with Gasteiger partial charge in [-0.25, -0.2) is 0 Å². The van der Waals surface area contributed by atoms with Gasteiger partial charge in [0.1, 0.15) is 5.69 Å². The molecule has 5 heteroatoms. The van der Waals surface area contributed by atoms with Gasteiger partial charge in [0.05, 0.1) is 10.7 Å². The van der Waals surface area contributed by atoms with E-state index in [0.717, 1.165) is 0 Å². The first-order valence-corrected chi connectivity index (χ1v) is 4.79. The lowest BCUT2D eigenvalue weighted by atomic mass is 10.3. The van der Waals surface area contributed by atoms with Gasteiger partial charge in [-0.15, -0.1) is 0 Å². The molecule has 0 aliphatic rings. The summed E-state index contributed by atoms with van der Waals surface area (Å²) in [6.45, 7) is 3.92. The summed E-state index contributed by atoms with van der Waals surface area (Å²) in [5.41, 5.74) is 0.496. The molecule has 13 heavy (non-hydrogen) atoms. The number of amides is 1. The predicted molar refractivity (Wildman–Crippen MR) is 53.5 cm³/mol. The van der Waals surface area contributed by atoms with E-state index in [1.807, 2.05) is 13.8 Å². The second-order valence-corrected chi connectivity index (χ2v) is 3.96. The number of carbonyl (C=O) groups is 1. The van der Waals surface area contributed by atoms with Crippen molar-refractivity contribution in [3.63, 3.8) is 0 Å². The Morgan fingerprint density at radius 3 is 2.69 bits per heavy atom. The second-order valence-electron chi connectivity index (χ2n) is 3.10. The molecule has 1 heterocycles. The van der Waals surface area contributed by atoms with Crippen molar-refractivity contribution in [3.05, 3.63) is 16.4 Å². The maximum atomic E-state index is 11.7. The van der Waals surface area contributed by atoms with E-state index in [4.69, 9.17) is 0 Å². The lowest BCUT2D eigenvalue weighted by Gasteiger charge is -2.20. The van der Waals surface area contributed by atoms with E-state index in [2.05, 4.69) is 26.1 Å². The quantitative estimate of drug-likeness (QED) is 0.862. The molecule has 0 radical (unpaired) electrons. The fourth-order valence-electron chi connectivity index (χ4n) is 0.832. The van der Waals surface area contributed by atoms with Gasteiger partial charge in [0, 0.05) is 13.1 Å². The van der Waals surface area contributed by atoms with Gasteiger partial charge in [-0.05, 0) is 29.8 Å². The molecule has 0 aliphatic carbocycles. The number of nitrogens with one attached hydrogen (secondary N) is 1. The fraction of sp³-hybridized carbons (Fsp3) is 0.500. The molecule has 1 aromatic heterocycles. The maximum Gasteiger partial charge on any atom is 0.273 e. The molecule has 0 saturated carbocycles. The third kappa shape index (κ3) is 2.09. The summed E-state index contributed by atoms with van der Waals surface area (Å²) < 4.78 is 0.699. The zero-order chi connectivity index (χ0) is 10.0. The fourth-order valence-corrected chi connectivity index (χ4v) is 1.19. The van der Waals surface area contributed by atoms with Crippen LogP contribution in [0.15, 0.2) is 10.7 Å². The van der Waals surface area contributed by atoms with E-state index >= 15 is 0 Å². The summed E-state index contributed by atoms with van der Waals surface area (Å²) in [6.07, 6.45) is 1.57. The van der Waals surface area contributed by atoms with Gasteiger partial charge >= 0.3 is 0 Å². The van der Waals surface area contributed by atoms with Crippen LogP contribution in [0.4, 0.5) is 0 Å². The Morgan fingerprint density at radius 2 is 2.31 bits per heavy atom. The third-order valence-corrected chi connectivity index (χ3v) is 2.50. The van der Waals surface area contributed by atoms with Crippen molar-refractivity contribution in [2.24, 2.45) is 0 Å². The molecule has 4 nitrogen and oxygen atoms in total. The molecule has 1 rings (SSSR count). The van der Waals surface area contributed by atoms with E-state index in [0.29, 0.717) is 10.2 Å². The highest BCUT2D eigenvalue weighted by atomic mass is 79.9. The summed E-state index contributed by atoms with van der Waals surface area (Å²) in [5, 5.41) is 6.42. The summed E-state index contributed by atoms with van der Waals surface area (Å²) in [5.74, 6) is -0.0561. The molecule has 0 spiro atoms. The minimum atomic E-state index is -0.0561. The van der Waals surface area contributed by atoms with Crippen molar-refractivity contribution < 1.29 is 4.79 Å². The molecule has 0 atom stereocenters. The molecule has 0 fully saturated rings. The highest BCUT2D eigenvalue weighted by Gasteiger charge is 2.18. The number of aromatic amines is 1. The first kappa shape index (κ1) is 10.2. The average molecular weight is 246 g/mol. The first-order chi connectivity index (χ1) is 6.04. The molecular formula is C8H12BrN3O. The maximum absolute atomic E-state index is 11.7. The smallest absolute Gasteiger partial charge is 0.273 e. The van der Waals surface area contributed by atoms with E-state index in [-0.39, 0.29) is 11.9 Å². The van der Waals surface area contributed by atoms with E-state index in [1.165, 1.54) is 0 Å². The number of aromatic nitrogens is 2. The van der Waals surface area contributed by atoms with Gasteiger partial charge in [0.15, 0.2) is 0 Å². The Hall–Kier alpha value is -0.840. The number of carbonyl (C=O) groups excluding carboxylic acids is 1. The number of nitrogens with zero attached hydrogens (tertiary/aromatic N) is 2. The predicted octanol–water partition coefficient (Wildman–Crippen LogP) is 1.65. The van der Waals surface area contributed by atoms with Crippen molar-refractivity contribution >= 4 is 21.8 Å². The Bertz CT molecular complexity index is 308. The normalized spacial score (nSPS) is 10.5. The zero-order valence-corrected chi connectivity index (χ0v) is 9.42. The molecule has 0 aliphatic heterocycles. The average Bonchev–Trinajstić information content (AvgIpc) is 2.48. The van der Waals surface area contributed by atoms with Crippen LogP contribution in [0.25, 0.3) is 0 Å². The lowest BCUT2D eigenvalue weighted by Crippen LogP contribution is -2.33. The Morgan fingerprint density at radius 1 is 1.69 bits per heavy atom. The number of rotatable bonds is 2. The van der Waals surface area contributed by atoms with Crippen molar-refractivity contribution in [3.8, 4) is 0 Å². The van der Waals surface area contributed by atoms with E-state index in [1.54, 1.807) is 18.1 Å². The largest absolute Gasteiger partial charge is 0.338 e. The lowest BCUT2D eigenvalue weighted by molar-refractivity contribution is 0.0748. The highest BCUT2D eigenvalue weighted by molar-refractivity contribution is 9.10. The molecule has 0 aromatic carbocycles. The zero-order valence-electron chi connectivity index (χ0n) is 7.84. The van der Waals surface area contributed by atoms with Crippen molar-refractivity contribution in [1.82, 2.24) is 15.1 Å². The van der Waals surface area contributed by atoms with Crippen LogP contribution in [0.1, 0.15) is 24.3 Å².